The highest BCUT2D eigenvalue weighted by atomic mass is 79.9. The van der Waals surface area contributed by atoms with E-state index in [0.29, 0.717) is 50.0 Å². The molecule has 0 saturated heterocycles. The highest BCUT2D eigenvalue weighted by Gasteiger charge is 2.34. The first-order chi connectivity index (χ1) is 18.3. The van der Waals surface area contributed by atoms with Gasteiger partial charge in [-0.1, -0.05) is 30.1 Å². The van der Waals surface area contributed by atoms with Crippen LogP contribution in [0.25, 0.3) is 6.08 Å². The van der Waals surface area contributed by atoms with Crippen molar-refractivity contribution in [1.29, 1.82) is 0 Å². The fourth-order valence-electron chi connectivity index (χ4n) is 4.28. The Morgan fingerprint density at radius 1 is 1.24 bits per heavy atom. The molecule has 0 unspecified atom stereocenters. The summed E-state index contributed by atoms with van der Waals surface area (Å²) in [5.74, 6) is 1.28. The Morgan fingerprint density at radius 3 is 2.68 bits per heavy atom. The number of benzene rings is 2. The summed E-state index contributed by atoms with van der Waals surface area (Å²) in [5, 5.41) is 0. The van der Waals surface area contributed by atoms with Gasteiger partial charge in [0, 0.05) is 0 Å². The lowest BCUT2D eigenvalue weighted by Crippen LogP contribution is -2.39. The minimum Gasteiger partial charge on any atom is -0.487 e. The molecule has 0 spiro atoms. The van der Waals surface area contributed by atoms with Crippen molar-refractivity contribution in [2.45, 2.75) is 19.9 Å². The lowest BCUT2D eigenvalue weighted by Gasteiger charge is -2.24. The standard InChI is InChI=1S/C27H22Br2N2O6S/c1-4-8-35-24-17(28)9-15(10-18(24)29)11-21-25(32)31-23(16-6-7-19-20(12-16)37-13-36-19)22(26(33)34-5-2)14(3)30-27(31)38-21/h4,6-7,9-12,23H,1,5,8,13H2,2-3H3/b21-11-/t23-/m1/s1. The molecular weight excluding hydrogens is 640 g/mol. The number of carbonyl (C=O) groups is 1. The number of rotatable bonds is 7. The predicted octanol–water partition coefficient (Wildman–Crippen LogP) is 4.62. The summed E-state index contributed by atoms with van der Waals surface area (Å²) >= 11 is 8.33. The lowest BCUT2D eigenvalue weighted by molar-refractivity contribution is -0.139. The number of hydrogen-bond donors (Lipinski definition) is 0. The maximum atomic E-state index is 13.8. The van der Waals surface area contributed by atoms with Crippen LogP contribution in [0.1, 0.15) is 31.0 Å². The molecule has 5 rings (SSSR count). The molecule has 0 N–H and O–H groups in total. The van der Waals surface area contributed by atoms with Crippen LogP contribution in [-0.4, -0.2) is 30.5 Å². The summed E-state index contributed by atoms with van der Waals surface area (Å²) in [5.41, 5.74) is 1.99. The Balaban J connectivity index is 1.66. The van der Waals surface area contributed by atoms with Crippen LogP contribution in [0.3, 0.4) is 0 Å². The molecule has 3 heterocycles. The highest BCUT2D eigenvalue weighted by molar-refractivity contribution is 9.11. The maximum Gasteiger partial charge on any atom is 0.338 e. The van der Waals surface area contributed by atoms with Crippen molar-refractivity contribution in [2.75, 3.05) is 20.0 Å². The zero-order valence-corrected chi connectivity index (χ0v) is 24.4. The Kier molecular flexibility index (Phi) is 7.60. The van der Waals surface area contributed by atoms with Crippen LogP contribution in [-0.2, 0) is 9.53 Å². The molecule has 3 aromatic rings. The predicted molar refractivity (Wildman–Crippen MR) is 150 cm³/mol. The first-order valence-electron chi connectivity index (χ1n) is 11.6. The number of halogens is 2. The third-order valence-corrected chi connectivity index (χ3v) is 8.05. The molecule has 0 fully saturated rings. The second kappa shape index (κ2) is 10.9. The van der Waals surface area contributed by atoms with E-state index >= 15 is 0 Å². The average molecular weight is 662 g/mol. The highest BCUT2D eigenvalue weighted by Crippen LogP contribution is 2.38. The van der Waals surface area contributed by atoms with E-state index in [2.05, 4.69) is 43.4 Å². The first kappa shape index (κ1) is 26.5. The first-order valence-corrected chi connectivity index (χ1v) is 14.0. The Morgan fingerprint density at radius 2 is 1.97 bits per heavy atom. The zero-order valence-electron chi connectivity index (χ0n) is 20.5. The monoisotopic (exact) mass is 660 g/mol. The number of carbonyl (C=O) groups excluding carboxylic acids is 1. The molecule has 38 heavy (non-hydrogen) atoms. The average Bonchev–Trinajstić information content (AvgIpc) is 3.46. The van der Waals surface area contributed by atoms with E-state index in [1.54, 1.807) is 42.7 Å². The number of thiazole rings is 1. The van der Waals surface area contributed by atoms with Crippen molar-refractivity contribution in [1.82, 2.24) is 4.57 Å². The molecule has 0 bridgehead atoms. The van der Waals surface area contributed by atoms with Crippen molar-refractivity contribution in [3.05, 3.63) is 94.0 Å². The summed E-state index contributed by atoms with van der Waals surface area (Å²) in [6.07, 6.45) is 3.45. The van der Waals surface area contributed by atoms with Gasteiger partial charge in [-0.15, -0.1) is 0 Å². The number of aromatic nitrogens is 1. The molecule has 11 heteroatoms. The molecule has 0 saturated carbocycles. The van der Waals surface area contributed by atoms with Gasteiger partial charge >= 0.3 is 5.97 Å². The molecule has 1 atom stereocenters. The van der Waals surface area contributed by atoms with Gasteiger partial charge < -0.3 is 18.9 Å². The van der Waals surface area contributed by atoms with Crippen molar-refractivity contribution in [2.24, 2.45) is 4.99 Å². The summed E-state index contributed by atoms with van der Waals surface area (Å²) in [4.78, 5) is 32.0. The minimum absolute atomic E-state index is 0.115. The minimum atomic E-state index is -0.741. The molecule has 2 aliphatic rings. The summed E-state index contributed by atoms with van der Waals surface area (Å²) < 4.78 is 25.5. The number of hydrogen-bond acceptors (Lipinski definition) is 8. The Bertz CT molecular complexity index is 1650. The SMILES string of the molecule is C=CCOc1c(Br)cc(/C=c2\sc3n(c2=O)[C@H](c2ccc4c(c2)OCO4)C(C(=O)OCC)=C(C)N=3)cc1Br. The van der Waals surface area contributed by atoms with E-state index in [1.165, 1.54) is 11.3 Å². The van der Waals surface area contributed by atoms with E-state index in [4.69, 9.17) is 18.9 Å². The van der Waals surface area contributed by atoms with Crippen LogP contribution in [0.5, 0.6) is 17.2 Å². The van der Waals surface area contributed by atoms with Crippen molar-refractivity contribution in [3.8, 4) is 17.2 Å². The van der Waals surface area contributed by atoms with Crippen molar-refractivity contribution in [3.63, 3.8) is 0 Å². The number of nitrogens with zero attached hydrogens (tertiary/aromatic N) is 2. The van der Waals surface area contributed by atoms with E-state index in [-0.39, 0.29) is 19.0 Å². The van der Waals surface area contributed by atoms with Gasteiger partial charge in [0.15, 0.2) is 16.3 Å². The smallest absolute Gasteiger partial charge is 0.338 e. The van der Waals surface area contributed by atoms with Crippen molar-refractivity contribution >= 4 is 55.2 Å². The third-order valence-electron chi connectivity index (χ3n) is 5.89. The quantitative estimate of drug-likeness (QED) is 0.271. The van der Waals surface area contributed by atoms with E-state index in [1.807, 2.05) is 18.2 Å². The van der Waals surface area contributed by atoms with Gasteiger partial charge in [0.05, 0.1) is 37.4 Å². The molecule has 2 aromatic carbocycles. The molecule has 1 aromatic heterocycles. The lowest BCUT2D eigenvalue weighted by atomic mass is 9.95. The molecular formula is C27H22Br2N2O6S. The molecule has 0 amide bonds. The van der Waals surface area contributed by atoms with Crippen LogP contribution >= 0.6 is 43.2 Å². The molecule has 196 valence electrons. The van der Waals surface area contributed by atoms with E-state index in [9.17, 15) is 9.59 Å². The largest absolute Gasteiger partial charge is 0.487 e. The fraction of sp³-hybridized carbons (Fsp3) is 0.222. The summed E-state index contributed by atoms with van der Waals surface area (Å²) in [7, 11) is 0. The Hall–Kier alpha value is -3.15. The van der Waals surface area contributed by atoms with Gasteiger partial charge in [0.1, 0.15) is 12.4 Å². The van der Waals surface area contributed by atoms with Gasteiger partial charge in [-0.05, 0) is 87.2 Å². The van der Waals surface area contributed by atoms with Crippen LogP contribution in [0.15, 0.2) is 73.0 Å². The number of ether oxygens (including phenoxy) is 4. The number of esters is 1. The number of fused-ring (bicyclic) bond motifs is 2. The summed E-state index contributed by atoms with van der Waals surface area (Å²) in [6, 6.07) is 8.38. The molecule has 8 nitrogen and oxygen atoms in total. The van der Waals surface area contributed by atoms with Gasteiger partial charge in [0.2, 0.25) is 6.79 Å². The zero-order chi connectivity index (χ0) is 27.0. The Labute approximate surface area is 238 Å². The van der Waals surface area contributed by atoms with Crippen LogP contribution in [0, 0.1) is 0 Å². The molecule has 2 aliphatic heterocycles. The second-order valence-corrected chi connectivity index (χ2v) is 11.0. The summed E-state index contributed by atoms with van der Waals surface area (Å²) in [6.45, 7) is 7.83. The third kappa shape index (κ3) is 4.85. The van der Waals surface area contributed by atoms with Gasteiger partial charge in [-0.25, -0.2) is 9.79 Å². The second-order valence-electron chi connectivity index (χ2n) is 8.33. The maximum absolute atomic E-state index is 13.8. The van der Waals surface area contributed by atoms with Gasteiger partial charge in [0.25, 0.3) is 5.56 Å². The topological polar surface area (TPSA) is 88.3 Å². The fourth-order valence-corrected chi connectivity index (χ4v) is 6.78. The van der Waals surface area contributed by atoms with Crippen molar-refractivity contribution < 1.29 is 23.7 Å². The normalized spacial score (nSPS) is 16.2. The molecule has 0 radical (unpaired) electrons. The van der Waals surface area contributed by atoms with Crippen LogP contribution < -0.4 is 29.1 Å². The van der Waals surface area contributed by atoms with Crippen LogP contribution in [0.2, 0.25) is 0 Å². The molecule has 0 aliphatic carbocycles. The van der Waals surface area contributed by atoms with Gasteiger partial charge in [-0.2, -0.15) is 0 Å². The van der Waals surface area contributed by atoms with E-state index in [0.717, 1.165) is 14.5 Å². The van der Waals surface area contributed by atoms with Crippen LogP contribution in [0.4, 0.5) is 0 Å². The number of allylic oxidation sites excluding steroid dienone is 1. The van der Waals surface area contributed by atoms with E-state index < -0.39 is 12.0 Å². The van der Waals surface area contributed by atoms with Gasteiger partial charge in [-0.3, -0.25) is 9.36 Å².